The summed E-state index contributed by atoms with van der Waals surface area (Å²) in [6.07, 6.45) is 5.53. The van der Waals surface area contributed by atoms with E-state index in [1.54, 1.807) is 12.1 Å². The highest BCUT2D eigenvalue weighted by molar-refractivity contribution is 5.95. The van der Waals surface area contributed by atoms with Crippen molar-refractivity contribution in [2.75, 3.05) is 31.5 Å². The van der Waals surface area contributed by atoms with E-state index in [4.69, 9.17) is 0 Å². The molecule has 2 amide bonds. The van der Waals surface area contributed by atoms with Crippen molar-refractivity contribution in [2.45, 2.75) is 39.0 Å². The number of carbonyl (C=O) groups is 2. The van der Waals surface area contributed by atoms with Gasteiger partial charge in [-0.25, -0.2) is 0 Å². The zero-order valence-electron chi connectivity index (χ0n) is 13.9. The van der Waals surface area contributed by atoms with Crippen LogP contribution in [-0.2, 0) is 4.79 Å². The van der Waals surface area contributed by atoms with E-state index in [-0.39, 0.29) is 18.4 Å². The number of rotatable bonds is 6. The Kier molecular flexibility index (Phi) is 6.91. The summed E-state index contributed by atoms with van der Waals surface area (Å²) < 4.78 is 0. The summed E-state index contributed by atoms with van der Waals surface area (Å²) in [7, 11) is 0. The van der Waals surface area contributed by atoms with Gasteiger partial charge in [0.05, 0.1) is 6.54 Å². The first-order chi connectivity index (χ1) is 11.2. The van der Waals surface area contributed by atoms with Crippen molar-refractivity contribution in [1.82, 2.24) is 10.2 Å². The van der Waals surface area contributed by atoms with E-state index in [1.807, 2.05) is 24.0 Å². The van der Waals surface area contributed by atoms with Crippen LogP contribution < -0.4 is 10.6 Å². The fraction of sp³-hybridized carbons (Fsp3) is 0.556. The second-order valence-electron chi connectivity index (χ2n) is 5.99. The van der Waals surface area contributed by atoms with Crippen molar-refractivity contribution in [1.29, 1.82) is 0 Å². The Bertz CT molecular complexity index is 523. The third-order valence-corrected chi connectivity index (χ3v) is 4.06. The van der Waals surface area contributed by atoms with Crippen LogP contribution in [-0.4, -0.2) is 42.9 Å². The van der Waals surface area contributed by atoms with Crippen LogP contribution in [0.1, 0.15) is 49.4 Å². The monoisotopic (exact) mass is 317 g/mol. The lowest BCUT2D eigenvalue weighted by atomic mass is 10.2. The summed E-state index contributed by atoms with van der Waals surface area (Å²) in [5.41, 5.74) is 1.42. The van der Waals surface area contributed by atoms with E-state index < -0.39 is 0 Å². The van der Waals surface area contributed by atoms with Gasteiger partial charge in [0.15, 0.2) is 0 Å². The van der Waals surface area contributed by atoms with Crippen LogP contribution in [0.4, 0.5) is 5.69 Å². The Labute approximate surface area is 138 Å². The van der Waals surface area contributed by atoms with Crippen molar-refractivity contribution < 1.29 is 9.59 Å². The van der Waals surface area contributed by atoms with Gasteiger partial charge in [0.1, 0.15) is 0 Å². The van der Waals surface area contributed by atoms with Crippen molar-refractivity contribution in [3.05, 3.63) is 29.8 Å². The zero-order valence-corrected chi connectivity index (χ0v) is 13.9. The third kappa shape index (κ3) is 5.58. The Hall–Kier alpha value is -2.04. The maximum Gasteiger partial charge on any atom is 0.251 e. The Morgan fingerprint density at radius 2 is 1.87 bits per heavy atom. The van der Waals surface area contributed by atoms with Gasteiger partial charge in [0, 0.05) is 30.9 Å². The second-order valence-corrected chi connectivity index (χ2v) is 5.99. The van der Waals surface area contributed by atoms with E-state index in [0.29, 0.717) is 12.1 Å². The molecule has 0 spiro atoms. The van der Waals surface area contributed by atoms with E-state index in [9.17, 15) is 9.59 Å². The molecule has 2 N–H and O–H groups in total. The van der Waals surface area contributed by atoms with Gasteiger partial charge in [-0.2, -0.15) is 0 Å². The van der Waals surface area contributed by atoms with Crippen molar-refractivity contribution in [3.8, 4) is 0 Å². The van der Waals surface area contributed by atoms with Gasteiger partial charge in [-0.15, -0.1) is 0 Å². The highest BCUT2D eigenvalue weighted by Gasteiger charge is 2.15. The second kappa shape index (κ2) is 9.18. The quantitative estimate of drug-likeness (QED) is 0.848. The number of anilines is 1. The number of nitrogens with zero attached hydrogens (tertiary/aromatic N) is 1. The number of hydrogen-bond acceptors (Lipinski definition) is 3. The summed E-state index contributed by atoms with van der Waals surface area (Å²) in [6.45, 7) is 4.69. The molecule has 1 aromatic rings. The molecule has 126 valence electrons. The molecule has 1 aromatic carbocycles. The first kappa shape index (κ1) is 17.3. The first-order valence-electron chi connectivity index (χ1n) is 8.60. The molecule has 0 radical (unpaired) electrons. The molecular formula is C18H27N3O2. The van der Waals surface area contributed by atoms with Crippen LogP contribution in [0.25, 0.3) is 0 Å². The number of nitrogens with one attached hydrogen (secondary N) is 2. The topological polar surface area (TPSA) is 61.4 Å². The fourth-order valence-electron chi connectivity index (χ4n) is 2.72. The summed E-state index contributed by atoms with van der Waals surface area (Å²) in [6, 6.07) is 7.29. The molecule has 0 unspecified atom stereocenters. The van der Waals surface area contributed by atoms with Gasteiger partial charge in [0.2, 0.25) is 5.91 Å². The predicted octanol–water partition coefficient (Wildman–Crippen LogP) is 2.64. The molecule has 23 heavy (non-hydrogen) atoms. The van der Waals surface area contributed by atoms with Gasteiger partial charge in [-0.05, 0) is 37.5 Å². The van der Waals surface area contributed by atoms with Crippen LogP contribution in [0.3, 0.4) is 0 Å². The Balaban J connectivity index is 1.87. The minimum Gasteiger partial charge on any atom is -0.376 e. The van der Waals surface area contributed by atoms with Gasteiger partial charge in [0.25, 0.3) is 5.91 Å². The maximum absolute atomic E-state index is 12.3. The maximum atomic E-state index is 12.3. The van der Waals surface area contributed by atoms with Gasteiger partial charge in [-0.3, -0.25) is 9.59 Å². The minimum absolute atomic E-state index is 0.0747. The standard InChI is InChI=1S/C18H27N3O2/c1-2-10-19-18(23)15-8-7-9-16(13-15)20-14-17(22)21-11-5-3-4-6-12-21/h7-9,13,20H,2-6,10-12,14H2,1H3,(H,19,23). The molecule has 1 aliphatic rings. The molecule has 1 heterocycles. The highest BCUT2D eigenvalue weighted by Crippen LogP contribution is 2.12. The molecule has 1 saturated heterocycles. The van der Waals surface area contributed by atoms with Crippen LogP contribution >= 0.6 is 0 Å². The molecule has 0 atom stereocenters. The normalized spacial score (nSPS) is 14.9. The summed E-state index contributed by atoms with van der Waals surface area (Å²) >= 11 is 0. The number of hydrogen-bond donors (Lipinski definition) is 2. The predicted molar refractivity (Wildman–Crippen MR) is 92.6 cm³/mol. The van der Waals surface area contributed by atoms with Gasteiger partial charge < -0.3 is 15.5 Å². The Morgan fingerprint density at radius 1 is 1.13 bits per heavy atom. The number of likely N-dealkylation sites (tertiary alicyclic amines) is 1. The fourth-order valence-corrected chi connectivity index (χ4v) is 2.72. The zero-order chi connectivity index (χ0) is 16.5. The molecule has 2 rings (SSSR count). The molecule has 0 aromatic heterocycles. The van der Waals surface area contributed by atoms with Crippen LogP contribution in [0.5, 0.6) is 0 Å². The van der Waals surface area contributed by atoms with Crippen molar-refractivity contribution >= 4 is 17.5 Å². The lowest BCUT2D eigenvalue weighted by Gasteiger charge is -2.20. The molecule has 5 heteroatoms. The third-order valence-electron chi connectivity index (χ3n) is 4.06. The lowest BCUT2D eigenvalue weighted by molar-refractivity contribution is -0.129. The molecule has 5 nitrogen and oxygen atoms in total. The average Bonchev–Trinajstić information content (AvgIpc) is 2.87. The van der Waals surface area contributed by atoms with E-state index in [1.165, 1.54) is 12.8 Å². The van der Waals surface area contributed by atoms with E-state index in [0.717, 1.165) is 38.0 Å². The molecule has 0 bridgehead atoms. The van der Waals surface area contributed by atoms with Crippen molar-refractivity contribution in [2.24, 2.45) is 0 Å². The van der Waals surface area contributed by atoms with Gasteiger partial charge in [-0.1, -0.05) is 25.8 Å². The lowest BCUT2D eigenvalue weighted by Crippen LogP contribution is -2.36. The number of benzene rings is 1. The van der Waals surface area contributed by atoms with Crippen LogP contribution in [0.15, 0.2) is 24.3 Å². The molecule has 0 aliphatic carbocycles. The van der Waals surface area contributed by atoms with Gasteiger partial charge >= 0.3 is 0 Å². The van der Waals surface area contributed by atoms with E-state index in [2.05, 4.69) is 10.6 Å². The molecule has 1 fully saturated rings. The van der Waals surface area contributed by atoms with Crippen molar-refractivity contribution in [3.63, 3.8) is 0 Å². The minimum atomic E-state index is -0.0747. The summed E-state index contributed by atoms with van der Waals surface area (Å²) in [5, 5.41) is 6.00. The average molecular weight is 317 g/mol. The first-order valence-corrected chi connectivity index (χ1v) is 8.60. The SMILES string of the molecule is CCCNC(=O)c1cccc(NCC(=O)N2CCCCCC2)c1. The summed E-state index contributed by atoms with van der Waals surface area (Å²) in [5.74, 6) is 0.0575. The molecule has 1 aliphatic heterocycles. The number of amides is 2. The number of carbonyl (C=O) groups excluding carboxylic acids is 2. The van der Waals surface area contributed by atoms with Crippen LogP contribution in [0.2, 0.25) is 0 Å². The van der Waals surface area contributed by atoms with Crippen LogP contribution in [0, 0.1) is 0 Å². The Morgan fingerprint density at radius 3 is 2.57 bits per heavy atom. The molecule has 0 saturated carbocycles. The summed E-state index contributed by atoms with van der Waals surface area (Å²) in [4.78, 5) is 26.2. The molecular weight excluding hydrogens is 290 g/mol. The smallest absolute Gasteiger partial charge is 0.251 e. The largest absolute Gasteiger partial charge is 0.376 e. The van der Waals surface area contributed by atoms with E-state index >= 15 is 0 Å². The highest BCUT2D eigenvalue weighted by atomic mass is 16.2.